The summed E-state index contributed by atoms with van der Waals surface area (Å²) < 4.78 is 4.96. The molecule has 2 rings (SSSR count). The third-order valence-corrected chi connectivity index (χ3v) is 3.40. The second-order valence-electron chi connectivity index (χ2n) is 4.36. The Morgan fingerprint density at radius 1 is 1.53 bits per heavy atom. The van der Waals surface area contributed by atoms with Gasteiger partial charge in [-0.25, -0.2) is 0 Å². The number of hydrogen-bond donors (Lipinski definition) is 0. The summed E-state index contributed by atoms with van der Waals surface area (Å²) in [6.45, 7) is 2.78. The molecule has 0 spiro atoms. The zero-order valence-electron chi connectivity index (χ0n) is 9.24. The largest absolute Gasteiger partial charge is 0.466 e. The van der Waals surface area contributed by atoms with E-state index in [9.17, 15) is 4.79 Å². The van der Waals surface area contributed by atoms with Crippen molar-refractivity contribution in [1.29, 1.82) is 0 Å². The van der Waals surface area contributed by atoms with Crippen LogP contribution in [0, 0.1) is 11.8 Å². The first-order valence-electron chi connectivity index (χ1n) is 5.82. The van der Waals surface area contributed by atoms with Gasteiger partial charge in [0.2, 0.25) is 0 Å². The van der Waals surface area contributed by atoms with Gasteiger partial charge in [0.05, 0.1) is 6.61 Å². The van der Waals surface area contributed by atoms with E-state index in [1.807, 2.05) is 0 Å². The molecule has 0 radical (unpaired) electrons. The molecular weight excluding hydrogens is 188 g/mol. The van der Waals surface area contributed by atoms with E-state index in [-0.39, 0.29) is 5.97 Å². The van der Waals surface area contributed by atoms with Crippen LogP contribution in [-0.4, -0.2) is 12.6 Å². The predicted octanol–water partition coefficient (Wildman–Crippen LogP) is 2.85. The quantitative estimate of drug-likeness (QED) is 0.649. The van der Waals surface area contributed by atoms with Crippen molar-refractivity contribution in [3.63, 3.8) is 0 Å². The summed E-state index contributed by atoms with van der Waals surface area (Å²) in [5.41, 5.74) is 1.42. The second-order valence-corrected chi connectivity index (χ2v) is 4.36. The van der Waals surface area contributed by atoms with E-state index in [4.69, 9.17) is 4.74 Å². The van der Waals surface area contributed by atoms with E-state index >= 15 is 0 Å². The molecule has 82 valence electrons. The number of carbonyl (C=O) groups excluding carboxylic acids is 1. The first-order valence-corrected chi connectivity index (χ1v) is 5.82. The number of carbonyl (C=O) groups is 1. The molecule has 1 aliphatic heterocycles. The van der Waals surface area contributed by atoms with Crippen molar-refractivity contribution in [3.05, 3.63) is 23.8 Å². The van der Waals surface area contributed by atoms with Gasteiger partial charge < -0.3 is 4.74 Å². The predicted molar refractivity (Wildman–Crippen MR) is 59.3 cm³/mol. The highest BCUT2D eigenvalue weighted by Crippen LogP contribution is 2.31. The van der Waals surface area contributed by atoms with Crippen molar-refractivity contribution in [2.24, 2.45) is 11.8 Å². The average molecular weight is 206 g/mol. The number of esters is 1. The zero-order chi connectivity index (χ0) is 10.7. The number of cyclic esters (lactones) is 1. The summed E-state index contributed by atoms with van der Waals surface area (Å²) in [6, 6.07) is 0. The molecule has 0 aromatic carbocycles. The van der Waals surface area contributed by atoms with E-state index < -0.39 is 0 Å². The topological polar surface area (TPSA) is 26.3 Å². The highest BCUT2D eigenvalue weighted by molar-refractivity contribution is 5.70. The Morgan fingerprint density at radius 3 is 3.00 bits per heavy atom. The SMILES string of the molecule is CCC1=CCC(C2CCOC(=O)C2)C=C1. The third-order valence-electron chi connectivity index (χ3n) is 3.40. The van der Waals surface area contributed by atoms with E-state index in [1.54, 1.807) is 0 Å². The Kier molecular flexibility index (Phi) is 3.24. The molecule has 1 heterocycles. The van der Waals surface area contributed by atoms with Crippen molar-refractivity contribution in [1.82, 2.24) is 0 Å². The van der Waals surface area contributed by atoms with Gasteiger partial charge in [-0.1, -0.05) is 30.7 Å². The molecule has 0 bridgehead atoms. The van der Waals surface area contributed by atoms with E-state index in [1.165, 1.54) is 5.57 Å². The van der Waals surface area contributed by atoms with Crippen LogP contribution in [0.5, 0.6) is 0 Å². The first kappa shape index (κ1) is 10.5. The number of ether oxygens (including phenoxy) is 1. The van der Waals surface area contributed by atoms with E-state index in [2.05, 4.69) is 25.2 Å². The maximum atomic E-state index is 11.2. The number of rotatable bonds is 2. The van der Waals surface area contributed by atoms with Crippen LogP contribution in [0.15, 0.2) is 23.8 Å². The van der Waals surface area contributed by atoms with Gasteiger partial charge in [0.15, 0.2) is 0 Å². The molecule has 0 aromatic rings. The van der Waals surface area contributed by atoms with Gasteiger partial charge in [0.1, 0.15) is 0 Å². The molecule has 2 unspecified atom stereocenters. The molecule has 2 heteroatoms. The Hall–Kier alpha value is -1.05. The van der Waals surface area contributed by atoms with Crippen LogP contribution in [0.4, 0.5) is 0 Å². The standard InChI is InChI=1S/C13H18O2/c1-2-10-3-5-11(6-4-10)12-7-8-15-13(14)9-12/h3-5,11-12H,2,6-9H2,1H3. The van der Waals surface area contributed by atoms with Crippen LogP contribution in [0.25, 0.3) is 0 Å². The van der Waals surface area contributed by atoms with Gasteiger partial charge in [-0.15, -0.1) is 0 Å². The minimum absolute atomic E-state index is 0.0232. The Morgan fingerprint density at radius 2 is 2.40 bits per heavy atom. The second kappa shape index (κ2) is 4.65. The van der Waals surface area contributed by atoms with Gasteiger partial charge in [-0.2, -0.15) is 0 Å². The lowest BCUT2D eigenvalue weighted by Gasteiger charge is -2.28. The maximum Gasteiger partial charge on any atom is 0.306 e. The number of hydrogen-bond acceptors (Lipinski definition) is 2. The Labute approximate surface area is 91.0 Å². The molecule has 1 saturated heterocycles. The minimum Gasteiger partial charge on any atom is -0.466 e. The van der Waals surface area contributed by atoms with Crippen LogP contribution < -0.4 is 0 Å². The molecule has 2 atom stereocenters. The van der Waals surface area contributed by atoms with Crippen molar-refractivity contribution in [2.75, 3.05) is 6.61 Å². The molecule has 0 N–H and O–H groups in total. The highest BCUT2D eigenvalue weighted by Gasteiger charge is 2.27. The Bertz CT molecular complexity index is 302. The summed E-state index contributed by atoms with van der Waals surface area (Å²) in [5.74, 6) is 1.02. The van der Waals surface area contributed by atoms with Crippen LogP contribution in [-0.2, 0) is 9.53 Å². The summed E-state index contributed by atoms with van der Waals surface area (Å²) >= 11 is 0. The van der Waals surface area contributed by atoms with Crippen LogP contribution in [0.1, 0.15) is 32.6 Å². The van der Waals surface area contributed by atoms with Crippen molar-refractivity contribution >= 4 is 5.97 Å². The fourth-order valence-corrected chi connectivity index (χ4v) is 2.36. The van der Waals surface area contributed by atoms with Crippen molar-refractivity contribution in [3.8, 4) is 0 Å². The number of allylic oxidation sites excluding steroid dienone is 4. The molecule has 2 aliphatic rings. The lowest BCUT2D eigenvalue weighted by atomic mass is 9.80. The van der Waals surface area contributed by atoms with Crippen LogP contribution in [0.3, 0.4) is 0 Å². The molecule has 0 aromatic heterocycles. The van der Waals surface area contributed by atoms with Crippen LogP contribution >= 0.6 is 0 Å². The normalized spacial score (nSPS) is 31.0. The summed E-state index contributed by atoms with van der Waals surface area (Å²) in [6.07, 6.45) is 10.6. The zero-order valence-corrected chi connectivity index (χ0v) is 9.24. The fraction of sp³-hybridized carbons (Fsp3) is 0.615. The van der Waals surface area contributed by atoms with Gasteiger partial charge in [-0.3, -0.25) is 4.79 Å². The molecule has 1 fully saturated rings. The van der Waals surface area contributed by atoms with E-state index in [0.717, 1.165) is 19.3 Å². The van der Waals surface area contributed by atoms with Gasteiger partial charge in [0.25, 0.3) is 0 Å². The average Bonchev–Trinajstić information content (AvgIpc) is 2.29. The van der Waals surface area contributed by atoms with E-state index in [0.29, 0.717) is 24.9 Å². The molecule has 1 aliphatic carbocycles. The molecule has 15 heavy (non-hydrogen) atoms. The smallest absolute Gasteiger partial charge is 0.306 e. The first-order chi connectivity index (χ1) is 7.29. The molecule has 0 amide bonds. The van der Waals surface area contributed by atoms with Crippen LogP contribution in [0.2, 0.25) is 0 Å². The van der Waals surface area contributed by atoms with Crippen molar-refractivity contribution < 1.29 is 9.53 Å². The summed E-state index contributed by atoms with van der Waals surface area (Å²) in [7, 11) is 0. The van der Waals surface area contributed by atoms with Gasteiger partial charge in [-0.05, 0) is 31.1 Å². The van der Waals surface area contributed by atoms with Gasteiger partial charge in [0, 0.05) is 6.42 Å². The molecular formula is C13H18O2. The maximum absolute atomic E-state index is 11.2. The molecule has 0 saturated carbocycles. The third kappa shape index (κ3) is 2.49. The lowest BCUT2D eigenvalue weighted by Crippen LogP contribution is -2.26. The minimum atomic E-state index is -0.0232. The van der Waals surface area contributed by atoms with Crippen molar-refractivity contribution in [2.45, 2.75) is 32.6 Å². The lowest BCUT2D eigenvalue weighted by molar-refractivity contribution is -0.149. The monoisotopic (exact) mass is 206 g/mol. The summed E-state index contributed by atoms with van der Waals surface area (Å²) in [5, 5.41) is 0. The van der Waals surface area contributed by atoms with Gasteiger partial charge >= 0.3 is 5.97 Å². The Balaban J connectivity index is 1.93. The summed E-state index contributed by atoms with van der Waals surface area (Å²) in [4.78, 5) is 11.2. The molecule has 2 nitrogen and oxygen atoms in total. The fourth-order valence-electron chi connectivity index (χ4n) is 2.36. The highest BCUT2D eigenvalue weighted by atomic mass is 16.5.